The second-order valence-electron chi connectivity index (χ2n) is 5.45. The predicted molar refractivity (Wildman–Crippen MR) is 102 cm³/mol. The van der Waals surface area contributed by atoms with Crippen LogP contribution in [0.1, 0.15) is 37.3 Å². The molecule has 0 saturated carbocycles. The third-order valence-corrected chi connectivity index (χ3v) is 6.69. The first-order chi connectivity index (χ1) is 11.6. The van der Waals surface area contributed by atoms with Crippen LogP contribution in [0, 0.1) is 0 Å². The highest BCUT2D eigenvalue weighted by Gasteiger charge is 2.17. The molecular formula is C18H18N2O2S2. The van der Waals surface area contributed by atoms with Crippen LogP contribution in [0.3, 0.4) is 0 Å². The molecule has 4 nitrogen and oxygen atoms in total. The van der Waals surface area contributed by atoms with Crippen molar-refractivity contribution in [2.45, 2.75) is 11.0 Å². The molecule has 0 aliphatic carbocycles. The molecule has 1 aliphatic heterocycles. The van der Waals surface area contributed by atoms with Crippen LogP contribution in [0.25, 0.3) is 0 Å². The summed E-state index contributed by atoms with van der Waals surface area (Å²) in [5.41, 5.74) is 8.10. The van der Waals surface area contributed by atoms with Gasteiger partial charge in [0.1, 0.15) is 0 Å². The number of carbonyl (C=O) groups is 2. The molecule has 2 aromatic carbocycles. The topological polar surface area (TPSA) is 72.2 Å². The Balaban J connectivity index is 1.70. The summed E-state index contributed by atoms with van der Waals surface area (Å²) in [6, 6.07) is 14.3. The van der Waals surface area contributed by atoms with Gasteiger partial charge in [-0.25, -0.2) is 0 Å². The van der Waals surface area contributed by atoms with E-state index in [0.29, 0.717) is 15.7 Å². The van der Waals surface area contributed by atoms with E-state index in [4.69, 9.17) is 5.73 Å². The molecule has 24 heavy (non-hydrogen) atoms. The van der Waals surface area contributed by atoms with Gasteiger partial charge in [-0.1, -0.05) is 12.1 Å². The Bertz CT molecular complexity index is 741. The highest BCUT2D eigenvalue weighted by atomic mass is 32.2. The van der Waals surface area contributed by atoms with Crippen LogP contribution < -0.4 is 11.1 Å². The van der Waals surface area contributed by atoms with Gasteiger partial charge in [0.15, 0.2) is 0 Å². The Kier molecular flexibility index (Phi) is 5.48. The molecule has 2 amide bonds. The fraction of sp³-hybridized carbons (Fsp3) is 0.222. The average molecular weight is 358 g/mol. The molecule has 6 heteroatoms. The Morgan fingerprint density at radius 2 is 1.67 bits per heavy atom. The van der Waals surface area contributed by atoms with E-state index < -0.39 is 5.91 Å². The summed E-state index contributed by atoms with van der Waals surface area (Å²) < 4.78 is 0.436. The molecule has 3 rings (SSSR count). The number of nitrogens with two attached hydrogens (primary N) is 1. The molecule has 1 fully saturated rings. The number of benzene rings is 2. The van der Waals surface area contributed by atoms with Gasteiger partial charge in [0, 0.05) is 16.8 Å². The monoisotopic (exact) mass is 358 g/mol. The maximum absolute atomic E-state index is 12.3. The minimum atomic E-state index is -0.503. The Hall–Kier alpha value is -1.92. The molecule has 0 unspecified atom stereocenters. The lowest BCUT2D eigenvalue weighted by molar-refractivity contribution is 0.0995. The number of nitrogens with one attached hydrogen (secondary N) is 1. The first-order valence-corrected chi connectivity index (χ1v) is 9.77. The fourth-order valence-corrected chi connectivity index (χ4v) is 5.31. The maximum atomic E-state index is 12.3. The number of thioether (sulfide) groups is 2. The number of rotatable bonds is 4. The van der Waals surface area contributed by atoms with E-state index in [9.17, 15) is 9.59 Å². The first-order valence-electron chi connectivity index (χ1n) is 7.68. The van der Waals surface area contributed by atoms with Gasteiger partial charge in [-0.05, 0) is 59.9 Å². The molecule has 3 N–H and O–H groups in total. The standard InChI is InChI=1S/C18H18N2O2S2/c19-16(21)12-5-7-13(8-6-12)17(22)20-15-4-1-3-14(11-15)18-23-9-2-10-24-18/h1,3-8,11,18H,2,9-10H2,(H2,19,21)(H,20,22). The molecule has 1 saturated heterocycles. The average Bonchev–Trinajstić information content (AvgIpc) is 2.63. The molecule has 1 aliphatic rings. The van der Waals surface area contributed by atoms with E-state index >= 15 is 0 Å². The largest absolute Gasteiger partial charge is 0.366 e. The summed E-state index contributed by atoms with van der Waals surface area (Å²) in [5.74, 6) is 1.66. The van der Waals surface area contributed by atoms with Gasteiger partial charge in [-0.2, -0.15) is 0 Å². The summed E-state index contributed by atoms with van der Waals surface area (Å²) >= 11 is 3.90. The third-order valence-electron chi connectivity index (χ3n) is 3.68. The van der Waals surface area contributed by atoms with Crippen LogP contribution >= 0.6 is 23.5 Å². The van der Waals surface area contributed by atoms with Crippen molar-refractivity contribution in [3.63, 3.8) is 0 Å². The van der Waals surface area contributed by atoms with E-state index in [2.05, 4.69) is 11.4 Å². The minimum Gasteiger partial charge on any atom is -0.366 e. The zero-order valence-corrected chi connectivity index (χ0v) is 14.7. The lowest BCUT2D eigenvalue weighted by Gasteiger charge is -2.21. The van der Waals surface area contributed by atoms with Crippen molar-refractivity contribution in [1.82, 2.24) is 0 Å². The summed E-state index contributed by atoms with van der Waals surface area (Å²) in [7, 11) is 0. The van der Waals surface area contributed by atoms with Crippen LogP contribution in [0.2, 0.25) is 0 Å². The zero-order chi connectivity index (χ0) is 16.9. The van der Waals surface area contributed by atoms with E-state index in [1.165, 1.54) is 23.5 Å². The molecule has 0 atom stereocenters. The van der Waals surface area contributed by atoms with Gasteiger partial charge in [0.2, 0.25) is 5.91 Å². The van der Waals surface area contributed by atoms with Crippen molar-refractivity contribution in [3.8, 4) is 0 Å². The van der Waals surface area contributed by atoms with Crippen molar-refractivity contribution in [1.29, 1.82) is 0 Å². The molecule has 0 bridgehead atoms. The van der Waals surface area contributed by atoms with Crippen LogP contribution in [-0.2, 0) is 0 Å². The van der Waals surface area contributed by atoms with Gasteiger partial charge in [0.25, 0.3) is 5.91 Å². The summed E-state index contributed by atoms with van der Waals surface area (Å²) in [5, 5.41) is 2.91. The summed E-state index contributed by atoms with van der Waals surface area (Å²) in [6.07, 6.45) is 1.25. The van der Waals surface area contributed by atoms with Gasteiger partial charge < -0.3 is 11.1 Å². The zero-order valence-electron chi connectivity index (χ0n) is 13.0. The summed E-state index contributed by atoms with van der Waals surface area (Å²) in [6.45, 7) is 0. The van der Waals surface area contributed by atoms with Crippen molar-refractivity contribution in [3.05, 3.63) is 65.2 Å². The summed E-state index contributed by atoms with van der Waals surface area (Å²) in [4.78, 5) is 23.4. The van der Waals surface area contributed by atoms with E-state index in [1.54, 1.807) is 24.3 Å². The molecule has 2 aromatic rings. The van der Waals surface area contributed by atoms with Crippen LogP contribution in [0.4, 0.5) is 5.69 Å². The fourth-order valence-electron chi connectivity index (χ4n) is 2.43. The lowest BCUT2D eigenvalue weighted by atomic mass is 10.1. The Morgan fingerprint density at radius 3 is 2.33 bits per heavy atom. The number of primary amides is 1. The van der Waals surface area contributed by atoms with Gasteiger partial charge in [0.05, 0.1) is 4.58 Å². The van der Waals surface area contributed by atoms with E-state index in [-0.39, 0.29) is 5.91 Å². The second-order valence-corrected chi connectivity index (χ2v) is 8.17. The number of hydrogen-bond donors (Lipinski definition) is 2. The van der Waals surface area contributed by atoms with Crippen molar-refractivity contribution >= 4 is 41.0 Å². The van der Waals surface area contributed by atoms with Gasteiger partial charge >= 0.3 is 0 Å². The number of carbonyl (C=O) groups excluding carboxylic acids is 2. The van der Waals surface area contributed by atoms with Crippen molar-refractivity contribution < 1.29 is 9.59 Å². The van der Waals surface area contributed by atoms with Crippen LogP contribution in [0.5, 0.6) is 0 Å². The first kappa shape index (κ1) is 16.9. The van der Waals surface area contributed by atoms with Crippen LogP contribution in [-0.4, -0.2) is 23.3 Å². The highest BCUT2D eigenvalue weighted by molar-refractivity contribution is 8.16. The SMILES string of the molecule is NC(=O)c1ccc(C(=O)Nc2cccc(C3SCCCS3)c2)cc1. The smallest absolute Gasteiger partial charge is 0.255 e. The minimum absolute atomic E-state index is 0.202. The number of anilines is 1. The Labute approximate surface area is 149 Å². The van der Waals surface area contributed by atoms with Crippen molar-refractivity contribution in [2.75, 3.05) is 16.8 Å². The quantitative estimate of drug-likeness (QED) is 0.869. The second kappa shape index (κ2) is 7.77. The number of amides is 2. The maximum Gasteiger partial charge on any atom is 0.255 e. The van der Waals surface area contributed by atoms with E-state index in [0.717, 1.165) is 5.69 Å². The Morgan fingerprint density at radius 1 is 1.00 bits per heavy atom. The van der Waals surface area contributed by atoms with E-state index in [1.807, 2.05) is 41.7 Å². The lowest BCUT2D eigenvalue weighted by Crippen LogP contribution is -2.14. The highest BCUT2D eigenvalue weighted by Crippen LogP contribution is 2.44. The number of hydrogen-bond acceptors (Lipinski definition) is 4. The molecule has 0 aromatic heterocycles. The molecular weight excluding hydrogens is 340 g/mol. The van der Waals surface area contributed by atoms with Gasteiger partial charge in [-0.3, -0.25) is 9.59 Å². The van der Waals surface area contributed by atoms with Gasteiger partial charge in [-0.15, -0.1) is 23.5 Å². The van der Waals surface area contributed by atoms with Crippen LogP contribution in [0.15, 0.2) is 48.5 Å². The predicted octanol–water partition coefficient (Wildman–Crippen LogP) is 3.91. The molecule has 1 heterocycles. The molecule has 0 spiro atoms. The normalized spacial score (nSPS) is 15.0. The van der Waals surface area contributed by atoms with Crippen molar-refractivity contribution in [2.24, 2.45) is 5.73 Å². The molecule has 0 radical (unpaired) electrons. The third kappa shape index (κ3) is 4.13. The molecule has 124 valence electrons.